The third-order valence-electron chi connectivity index (χ3n) is 2.29. The lowest BCUT2D eigenvalue weighted by molar-refractivity contribution is -0.210. The second-order valence-electron chi connectivity index (χ2n) is 4.07. The zero-order valence-corrected chi connectivity index (χ0v) is 10.1. The van der Waals surface area contributed by atoms with E-state index in [9.17, 15) is 31.1 Å². The van der Waals surface area contributed by atoms with Crippen LogP contribution in [0.4, 0.5) is 26.3 Å². The van der Waals surface area contributed by atoms with Crippen molar-refractivity contribution in [3.05, 3.63) is 0 Å². The highest BCUT2D eigenvalue weighted by Crippen LogP contribution is 2.33. The van der Waals surface area contributed by atoms with Crippen LogP contribution in [0.2, 0.25) is 0 Å². The van der Waals surface area contributed by atoms with Gasteiger partial charge < -0.3 is 15.7 Å². The predicted octanol–water partition coefficient (Wildman–Crippen LogP) is 0.988. The summed E-state index contributed by atoms with van der Waals surface area (Å²) < 4.78 is 67.6. The molecule has 0 aliphatic carbocycles. The Balaban J connectivity index is 0.000000441. The van der Waals surface area contributed by atoms with Crippen molar-refractivity contribution in [1.82, 2.24) is 4.90 Å². The van der Waals surface area contributed by atoms with E-state index in [4.69, 9.17) is 15.6 Å². The van der Waals surface area contributed by atoms with Gasteiger partial charge in [0.05, 0.1) is 12.0 Å². The summed E-state index contributed by atoms with van der Waals surface area (Å²) in [5, 5.41) is 7.12. The molecule has 0 spiro atoms. The number of carboxylic acids is 1. The Morgan fingerprint density at radius 1 is 1.20 bits per heavy atom. The van der Waals surface area contributed by atoms with E-state index in [0.717, 1.165) is 4.90 Å². The van der Waals surface area contributed by atoms with Gasteiger partial charge in [-0.1, -0.05) is 0 Å². The number of aliphatic carboxylic acids is 1. The topological polar surface area (TPSA) is 83.6 Å². The van der Waals surface area contributed by atoms with E-state index in [1.807, 2.05) is 0 Å². The third-order valence-corrected chi connectivity index (χ3v) is 2.29. The summed E-state index contributed by atoms with van der Waals surface area (Å²) in [6.45, 7) is 0.969. The SMILES string of the molecule is C[C@H](N)C(=O)N1CC(C(F)(F)F)C1.O=C(O)C(F)(F)F. The van der Waals surface area contributed by atoms with Crippen LogP contribution in [0.5, 0.6) is 0 Å². The van der Waals surface area contributed by atoms with Crippen LogP contribution in [0.1, 0.15) is 6.92 Å². The molecule has 3 N–H and O–H groups in total. The van der Waals surface area contributed by atoms with E-state index in [0.29, 0.717) is 0 Å². The molecule has 5 nitrogen and oxygen atoms in total. The Labute approximate surface area is 109 Å². The maximum Gasteiger partial charge on any atom is 0.490 e. The summed E-state index contributed by atoms with van der Waals surface area (Å²) in [7, 11) is 0. The minimum absolute atomic E-state index is 0.246. The zero-order chi connectivity index (χ0) is 16.3. The molecule has 0 bridgehead atoms. The van der Waals surface area contributed by atoms with Gasteiger partial charge in [0.1, 0.15) is 0 Å². The fourth-order valence-electron chi connectivity index (χ4n) is 1.15. The van der Waals surface area contributed by atoms with Crippen LogP contribution >= 0.6 is 0 Å². The first-order valence-corrected chi connectivity index (χ1v) is 5.18. The number of rotatable bonds is 1. The molecule has 0 saturated carbocycles. The summed E-state index contributed by atoms with van der Waals surface area (Å²) in [5.74, 6) is -4.54. The van der Waals surface area contributed by atoms with Crippen molar-refractivity contribution >= 4 is 11.9 Å². The second-order valence-corrected chi connectivity index (χ2v) is 4.07. The van der Waals surface area contributed by atoms with Crippen molar-refractivity contribution < 1.29 is 41.0 Å². The molecule has 1 aliphatic heterocycles. The number of halogens is 6. The molecule has 1 heterocycles. The van der Waals surface area contributed by atoms with Crippen LogP contribution < -0.4 is 5.73 Å². The fourth-order valence-corrected chi connectivity index (χ4v) is 1.15. The van der Waals surface area contributed by atoms with Crippen molar-refractivity contribution in [2.45, 2.75) is 25.3 Å². The van der Waals surface area contributed by atoms with Crippen LogP contribution in [0.3, 0.4) is 0 Å². The Kier molecular flexibility index (Phi) is 5.81. The maximum atomic E-state index is 12.0. The highest BCUT2D eigenvalue weighted by atomic mass is 19.4. The summed E-state index contributed by atoms with van der Waals surface area (Å²) in [5.41, 5.74) is 5.23. The van der Waals surface area contributed by atoms with E-state index >= 15 is 0 Å². The van der Waals surface area contributed by atoms with Crippen LogP contribution in [0, 0.1) is 5.92 Å². The summed E-state index contributed by atoms with van der Waals surface area (Å²) in [4.78, 5) is 21.1. The van der Waals surface area contributed by atoms with Crippen molar-refractivity contribution in [1.29, 1.82) is 0 Å². The van der Waals surface area contributed by atoms with Crippen molar-refractivity contribution in [3.8, 4) is 0 Å². The molecule has 1 rings (SSSR count). The Morgan fingerprint density at radius 3 is 1.75 bits per heavy atom. The smallest absolute Gasteiger partial charge is 0.475 e. The van der Waals surface area contributed by atoms with E-state index in [1.165, 1.54) is 6.92 Å². The van der Waals surface area contributed by atoms with Gasteiger partial charge in [-0.15, -0.1) is 0 Å². The first-order valence-electron chi connectivity index (χ1n) is 5.18. The molecule has 0 aromatic rings. The first-order chi connectivity index (χ1) is 8.76. The largest absolute Gasteiger partial charge is 0.490 e. The molecule has 20 heavy (non-hydrogen) atoms. The van der Waals surface area contributed by atoms with Gasteiger partial charge in [-0.2, -0.15) is 26.3 Å². The number of carbonyl (C=O) groups excluding carboxylic acids is 1. The van der Waals surface area contributed by atoms with Gasteiger partial charge in [-0.3, -0.25) is 4.79 Å². The van der Waals surface area contributed by atoms with Crippen LogP contribution in [0.15, 0.2) is 0 Å². The Morgan fingerprint density at radius 2 is 1.55 bits per heavy atom. The molecule has 0 aromatic carbocycles. The number of hydrogen-bond donors (Lipinski definition) is 2. The number of amides is 1. The Bertz CT molecular complexity index is 360. The highest BCUT2D eigenvalue weighted by molar-refractivity contribution is 5.81. The van der Waals surface area contributed by atoms with E-state index in [-0.39, 0.29) is 13.1 Å². The molecule has 1 fully saturated rings. The lowest BCUT2D eigenvalue weighted by Crippen LogP contribution is -2.58. The average Bonchev–Trinajstić information content (AvgIpc) is 2.11. The van der Waals surface area contributed by atoms with Crippen LogP contribution in [0.25, 0.3) is 0 Å². The number of carbonyl (C=O) groups is 2. The van der Waals surface area contributed by atoms with Crippen LogP contribution in [-0.4, -0.2) is 53.4 Å². The van der Waals surface area contributed by atoms with Gasteiger partial charge in [-0.05, 0) is 6.92 Å². The van der Waals surface area contributed by atoms with Gasteiger partial charge in [0.25, 0.3) is 0 Å². The van der Waals surface area contributed by atoms with E-state index in [2.05, 4.69) is 0 Å². The lowest BCUT2D eigenvalue weighted by atomic mass is 9.99. The molecule has 118 valence electrons. The average molecular weight is 310 g/mol. The summed E-state index contributed by atoms with van der Waals surface area (Å²) in [6, 6.07) is -0.714. The molecule has 11 heteroatoms. The van der Waals surface area contributed by atoms with Gasteiger partial charge in [0.2, 0.25) is 5.91 Å². The normalized spacial score (nSPS) is 17.7. The first kappa shape index (κ1) is 18.5. The summed E-state index contributed by atoms with van der Waals surface area (Å²) >= 11 is 0. The number of carboxylic acid groups (broad SMARTS) is 1. The monoisotopic (exact) mass is 310 g/mol. The van der Waals surface area contributed by atoms with Gasteiger partial charge in [0, 0.05) is 13.1 Å². The number of alkyl halides is 6. The lowest BCUT2D eigenvalue weighted by Gasteiger charge is -2.40. The number of nitrogens with two attached hydrogens (primary N) is 1. The van der Waals surface area contributed by atoms with Gasteiger partial charge in [-0.25, -0.2) is 4.79 Å². The van der Waals surface area contributed by atoms with Crippen LogP contribution in [-0.2, 0) is 9.59 Å². The molecule has 1 saturated heterocycles. The van der Waals surface area contributed by atoms with Crippen molar-refractivity contribution in [3.63, 3.8) is 0 Å². The maximum absolute atomic E-state index is 12.0. The second kappa shape index (κ2) is 6.29. The van der Waals surface area contributed by atoms with E-state index in [1.54, 1.807) is 0 Å². The number of nitrogens with zero attached hydrogens (tertiary/aromatic N) is 1. The standard InChI is InChI=1S/C7H11F3N2O.C2HF3O2/c1-4(11)6(13)12-2-5(3-12)7(8,9)10;3-2(4,5)1(6)7/h4-5H,2-3,11H2,1H3;(H,6,7)/t4-;/m0./s1. The molecule has 1 atom stereocenters. The molecule has 0 aromatic heterocycles. The minimum atomic E-state index is -5.08. The minimum Gasteiger partial charge on any atom is -0.475 e. The Hall–Kier alpha value is -1.52. The number of likely N-dealkylation sites (tertiary alicyclic amines) is 1. The van der Waals surface area contributed by atoms with E-state index < -0.39 is 36.2 Å². The van der Waals surface area contributed by atoms with Crippen molar-refractivity contribution in [2.75, 3.05) is 13.1 Å². The summed E-state index contributed by atoms with van der Waals surface area (Å²) in [6.07, 6.45) is -9.27. The molecule has 1 aliphatic rings. The molecule has 0 unspecified atom stereocenters. The zero-order valence-electron chi connectivity index (χ0n) is 10.1. The molecule has 0 radical (unpaired) electrons. The van der Waals surface area contributed by atoms with Gasteiger partial charge in [0.15, 0.2) is 0 Å². The van der Waals surface area contributed by atoms with Gasteiger partial charge >= 0.3 is 18.3 Å². The highest BCUT2D eigenvalue weighted by Gasteiger charge is 2.48. The molecule has 1 amide bonds. The quantitative estimate of drug-likeness (QED) is 0.707. The molecular weight excluding hydrogens is 298 g/mol. The van der Waals surface area contributed by atoms with Crippen molar-refractivity contribution in [2.24, 2.45) is 11.7 Å². The fraction of sp³-hybridized carbons (Fsp3) is 0.778. The number of hydrogen-bond acceptors (Lipinski definition) is 3. The molecular formula is C9H12F6N2O3. The third kappa shape index (κ3) is 5.63. The predicted molar refractivity (Wildman–Crippen MR) is 53.5 cm³/mol.